The monoisotopic (exact) mass is 255 g/mol. The highest BCUT2D eigenvalue weighted by Gasteiger charge is 2.22. The van der Waals surface area contributed by atoms with E-state index in [1.165, 1.54) is 0 Å². The van der Waals surface area contributed by atoms with Gasteiger partial charge in [0.2, 0.25) is 0 Å². The summed E-state index contributed by atoms with van der Waals surface area (Å²) in [6, 6.07) is 0. The second-order valence-corrected chi connectivity index (χ2v) is 4.63. The molecule has 3 heteroatoms. The van der Waals surface area contributed by atoms with Crippen molar-refractivity contribution in [2.45, 2.75) is 25.9 Å². The first-order valence-electron chi connectivity index (χ1n) is 3.65. The summed E-state index contributed by atoms with van der Waals surface area (Å²) in [7, 11) is 0. The minimum atomic E-state index is 0.0971. The van der Waals surface area contributed by atoms with E-state index in [-0.39, 0.29) is 5.60 Å². The summed E-state index contributed by atoms with van der Waals surface area (Å²) >= 11 is 2.35. The van der Waals surface area contributed by atoms with Crippen molar-refractivity contribution in [3.63, 3.8) is 0 Å². The first-order valence-corrected chi connectivity index (χ1v) is 4.61. The minimum absolute atomic E-state index is 0.0971. The Balaban J connectivity index is 2.41. The molecule has 10 heavy (non-hydrogen) atoms. The molecule has 1 heterocycles. The van der Waals surface area contributed by atoms with Crippen LogP contribution in [0.25, 0.3) is 0 Å². The second kappa shape index (κ2) is 3.36. The van der Waals surface area contributed by atoms with Crippen molar-refractivity contribution in [2.24, 2.45) is 0 Å². The number of rotatable bonds is 0. The topological polar surface area (TPSA) is 12.5 Å². The normalized spacial score (nSPS) is 27.9. The van der Waals surface area contributed by atoms with Gasteiger partial charge in [-0.3, -0.25) is 0 Å². The first-order chi connectivity index (χ1) is 4.60. The number of nitrogens with zero attached hydrogens (tertiary/aromatic N) is 1. The van der Waals surface area contributed by atoms with Gasteiger partial charge in [-0.15, -0.1) is 0 Å². The average Bonchev–Trinajstić information content (AvgIpc) is 1.94. The van der Waals surface area contributed by atoms with Crippen LogP contribution in [0.5, 0.6) is 0 Å². The molecule has 0 unspecified atom stereocenters. The molecule has 0 aliphatic carbocycles. The molecule has 0 aromatic carbocycles. The molecule has 1 saturated heterocycles. The summed E-state index contributed by atoms with van der Waals surface area (Å²) in [5.41, 5.74) is 0.0971. The predicted molar refractivity (Wildman–Crippen MR) is 50.2 cm³/mol. The van der Waals surface area contributed by atoms with Gasteiger partial charge in [0, 0.05) is 36.0 Å². The zero-order valence-corrected chi connectivity index (χ0v) is 8.72. The maximum absolute atomic E-state index is 5.61. The summed E-state index contributed by atoms with van der Waals surface area (Å²) in [4.78, 5) is 0. The van der Waals surface area contributed by atoms with E-state index in [0.717, 1.165) is 26.1 Å². The maximum atomic E-state index is 5.61. The molecule has 0 radical (unpaired) electrons. The molecule has 0 atom stereocenters. The second-order valence-electron chi connectivity index (χ2n) is 3.27. The van der Waals surface area contributed by atoms with Gasteiger partial charge in [-0.05, 0) is 20.3 Å². The van der Waals surface area contributed by atoms with Gasteiger partial charge in [-0.25, -0.2) is 3.11 Å². The highest BCUT2D eigenvalue weighted by molar-refractivity contribution is 14.1. The van der Waals surface area contributed by atoms with Crippen molar-refractivity contribution in [3.05, 3.63) is 0 Å². The number of halogens is 1. The zero-order valence-electron chi connectivity index (χ0n) is 6.56. The highest BCUT2D eigenvalue weighted by atomic mass is 127. The van der Waals surface area contributed by atoms with Crippen molar-refractivity contribution in [1.82, 2.24) is 3.11 Å². The molecule has 0 spiro atoms. The third-order valence-corrected chi connectivity index (χ3v) is 2.75. The van der Waals surface area contributed by atoms with Crippen molar-refractivity contribution in [1.29, 1.82) is 0 Å². The zero-order chi connectivity index (χ0) is 7.61. The van der Waals surface area contributed by atoms with Crippen LogP contribution in [0.4, 0.5) is 0 Å². The molecular formula is C7H14INO. The molecule has 1 rings (SSSR count). The molecule has 1 fully saturated rings. The lowest BCUT2D eigenvalue weighted by molar-refractivity contribution is -0.00806. The molecule has 60 valence electrons. The third kappa shape index (κ3) is 2.72. The Morgan fingerprint density at radius 2 is 2.10 bits per heavy atom. The largest absolute Gasteiger partial charge is 0.374 e. The van der Waals surface area contributed by atoms with Gasteiger partial charge in [-0.2, -0.15) is 0 Å². The van der Waals surface area contributed by atoms with Crippen molar-refractivity contribution in [2.75, 3.05) is 19.7 Å². The molecule has 0 bridgehead atoms. The Morgan fingerprint density at radius 1 is 1.40 bits per heavy atom. The summed E-state index contributed by atoms with van der Waals surface area (Å²) in [6.45, 7) is 7.39. The van der Waals surface area contributed by atoms with E-state index in [0.29, 0.717) is 0 Å². The smallest absolute Gasteiger partial charge is 0.0639 e. The first kappa shape index (κ1) is 8.74. The van der Waals surface area contributed by atoms with Crippen LogP contribution in [-0.4, -0.2) is 28.4 Å². The van der Waals surface area contributed by atoms with Gasteiger partial charge >= 0.3 is 0 Å². The fraction of sp³-hybridized carbons (Fsp3) is 1.00. The quantitative estimate of drug-likeness (QED) is 0.483. The van der Waals surface area contributed by atoms with Crippen molar-refractivity contribution in [3.8, 4) is 0 Å². The van der Waals surface area contributed by atoms with Crippen LogP contribution in [0.2, 0.25) is 0 Å². The van der Waals surface area contributed by atoms with E-state index in [1.807, 2.05) is 0 Å². The SMILES string of the molecule is CC1(C)CCN(I)CCO1. The molecule has 0 N–H and O–H groups in total. The van der Waals surface area contributed by atoms with E-state index in [4.69, 9.17) is 4.74 Å². The van der Waals surface area contributed by atoms with E-state index in [2.05, 4.69) is 39.8 Å². The van der Waals surface area contributed by atoms with Crippen LogP contribution in [0.1, 0.15) is 20.3 Å². The molecule has 1 aliphatic rings. The Morgan fingerprint density at radius 3 is 2.80 bits per heavy atom. The molecular weight excluding hydrogens is 241 g/mol. The van der Waals surface area contributed by atoms with Crippen LogP contribution < -0.4 is 0 Å². The Labute approximate surface area is 76.4 Å². The van der Waals surface area contributed by atoms with Crippen molar-refractivity contribution < 1.29 is 4.74 Å². The lowest BCUT2D eigenvalue weighted by Crippen LogP contribution is -2.24. The van der Waals surface area contributed by atoms with Gasteiger partial charge < -0.3 is 4.74 Å². The number of hydrogen-bond acceptors (Lipinski definition) is 2. The molecule has 0 aromatic rings. The Bertz CT molecular complexity index is 116. The van der Waals surface area contributed by atoms with Crippen LogP contribution in [0, 0.1) is 0 Å². The van der Waals surface area contributed by atoms with Gasteiger partial charge in [0.05, 0.1) is 12.2 Å². The average molecular weight is 255 g/mol. The fourth-order valence-electron chi connectivity index (χ4n) is 0.996. The summed E-state index contributed by atoms with van der Waals surface area (Å²) < 4.78 is 7.90. The predicted octanol–water partition coefficient (Wildman–Crippen LogP) is 1.84. The van der Waals surface area contributed by atoms with E-state index in [9.17, 15) is 0 Å². The van der Waals surface area contributed by atoms with Crippen LogP contribution in [0.3, 0.4) is 0 Å². The lowest BCUT2D eigenvalue weighted by Gasteiger charge is -2.21. The lowest BCUT2D eigenvalue weighted by atomic mass is 10.1. The Kier molecular flexibility index (Phi) is 2.94. The highest BCUT2D eigenvalue weighted by Crippen LogP contribution is 2.19. The van der Waals surface area contributed by atoms with Gasteiger partial charge in [0.25, 0.3) is 0 Å². The van der Waals surface area contributed by atoms with Gasteiger partial charge in [-0.1, -0.05) is 0 Å². The summed E-state index contributed by atoms with van der Waals surface area (Å²) in [6.07, 6.45) is 1.13. The van der Waals surface area contributed by atoms with Gasteiger partial charge in [0.15, 0.2) is 0 Å². The third-order valence-electron chi connectivity index (χ3n) is 1.78. The van der Waals surface area contributed by atoms with Gasteiger partial charge in [0.1, 0.15) is 0 Å². The Hall–Kier alpha value is 0.650. The maximum Gasteiger partial charge on any atom is 0.0639 e. The minimum Gasteiger partial charge on any atom is -0.374 e. The summed E-state index contributed by atoms with van der Waals surface area (Å²) in [5, 5.41) is 0. The molecule has 0 aromatic heterocycles. The molecule has 1 aliphatic heterocycles. The van der Waals surface area contributed by atoms with E-state index >= 15 is 0 Å². The fourth-order valence-corrected chi connectivity index (χ4v) is 1.43. The summed E-state index contributed by atoms with van der Waals surface area (Å²) in [5.74, 6) is 0. The number of ether oxygens (including phenoxy) is 1. The molecule has 0 amide bonds. The standard InChI is InChI=1S/C7H14INO/c1-7(2)3-4-9(8)5-6-10-7/h3-6H2,1-2H3. The molecule has 0 saturated carbocycles. The van der Waals surface area contributed by atoms with E-state index in [1.54, 1.807) is 0 Å². The van der Waals surface area contributed by atoms with E-state index < -0.39 is 0 Å². The number of hydrogen-bond donors (Lipinski definition) is 0. The van der Waals surface area contributed by atoms with Crippen LogP contribution in [0.15, 0.2) is 0 Å². The van der Waals surface area contributed by atoms with Crippen LogP contribution >= 0.6 is 22.9 Å². The van der Waals surface area contributed by atoms with Crippen LogP contribution in [-0.2, 0) is 4.74 Å². The van der Waals surface area contributed by atoms with Crippen molar-refractivity contribution >= 4 is 22.9 Å². The molecule has 2 nitrogen and oxygen atoms in total.